The number of nitrogens with zero attached hydrogens (tertiary/aromatic N) is 2. The summed E-state index contributed by atoms with van der Waals surface area (Å²) in [6, 6.07) is 15.4. The Bertz CT molecular complexity index is 1530. The molecule has 0 amide bonds. The number of nitrogens with one attached hydrogen (secondary N) is 1. The van der Waals surface area contributed by atoms with Gasteiger partial charge in [0.15, 0.2) is 5.60 Å². The largest absolute Gasteiger partial charge is 0.419 e. The fourth-order valence-corrected chi connectivity index (χ4v) is 5.30. The average molecular weight is 494 g/mol. The maximum Gasteiger partial charge on any atom is 0.419 e. The quantitative estimate of drug-likeness (QED) is 0.370. The van der Waals surface area contributed by atoms with Crippen molar-refractivity contribution in [2.24, 2.45) is 0 Å². The molecule has 3 atom stereocenters. The second kappa shape index (κ2) is 8.48. The minimum Gasteiger partial charge on any atom is -0.379 e. The van der Waals surface area contributed by atoms with E-state index in [4.69, 9.17) is 0 Å². The molecule has 3 unspecified atom stereocenters. The van der Waals surface area contributed by atoms with E-state index in [1.165, 1.54) is 10.6 Å². The predicted octanol–water partition coefficient (Wildman–Crippen LogP) is 5.96. The Kier molecular flexibility index (Phi) is 5.67. The molecule has 4 aromatic rings. The molecule has 0 fully saturated rings. The van der Waals surface area contributed by atoms with Gasteiger partial charge in [0.25, 0.3) is 5.56 Å². The summed E-state index contributed by atoms with van der Waals surface area (Å²) in [4.78, 5) is 17.0. The molecule has 2 aromatic carbocycles. The molecule has 0 radical (unpaired) electrons. The second-order valence-electron chi connectivity index (χ2n) is 9.64. The number of hydrogen-bond acceptors (Lipinski definition) is 4. The number of pyridine rings is 2. The highest BCUT2D eigenvalue weighted by molar-refractivity contribution is 5.92. The van der Waals surface area contributed by atoms with Crippen molar-refractivity contribution < 1.29 is 18.3 Å². The van der Waals surface area contributed by atoms with E-state index in [0.29, 0.717) is 27.8 Å². The highest BCUT2D eigenvalue weighted by Crippen LogP contribution is 2.52. The van der Waals surface area contributed by atoms with Crippen molar-refractivity contribution in [1.29, 1.82) is 0 Å². The molecule has 5 nitrogen and oxygen atoms in total. The Morgan fingerprint density at radius 3 is 2.56 bits per heavy atom. The minimum absolute atomic E-state index is 0.274. The van der Waals surface area contributed by atoms with Crippen molar-refractivity contribution in [3.05, 3.63) is 99.6 Å². The van der Waals surface area contributed by atoms with E-state index in [2.05, 4.69) is 10.3 Å². The average Bonchev–Trinajstić information content (AvgIpc) is 2.81. The molecule has 8 heteroatoms. The second-order valence-corrected chi connectivity index (χ2v) is 9.64. The Hall–Kier alpha value is -3.65. The van der Waals surface area contributed by atoms with Gasteiger partial charge in [-0.2, -0.15) is 13.2 Å². The summed E-state index contributed by atoms with van der Waals surface area (Å²) in [6.45, 7) is 5.41. The summed E-state index contributed by atoms with van der Waals surface area (Å²) in [5.74, 6) is -0.475. The molecule has 0 saturated heterocycles. The molecule has 0 bridgehead atoms. The molecule has 1 aliphatic rings. The molecular weight excluding hydrogens is 467 g/mol. The van der Waals surface area contributed by atoms with E-state index in [9.17, 15) is 23.1 Å². The lowest BCUT2D eigenvalue weighted by atomic mass is 9.70. The van der Waals surface area contributed by atoms with Gasteiger partial charge in [-0.15, -0.1) is 0 Å². The molecule has 0 spiro atoms. The molecule has 1 aliphatic carbocycles. The van der Waals surface area contributed by atoms with Crippen LogP contribution in [0.4, 0.5) is 18.9 Å². The maximum absolute atomic E-state index is 14.4. The minimum atomic E-state index is -4.86. The van der Waals surface area contributed by atoms with Crippen LogP contribution < -0.4 is 10.9 Å². The molecule has 0 aliphatic heterocycles. The van der Waals surface area contributed by atoms with Crippen LogP contribution in [-0.4, -0.2) is 26.4 Å². The number of aryl methyl sites for hydroxylation is 2. The lowest BCUT2D eigenvalue weighted by molar-refractivity contribution is -0.272. The van der Waals surface area contributed by atoms with E-state index in [-0.39, 0.29) is 5.56 Å². The zero-order valence-electron chi connectivity index (χ0n) is 20.1. The smallest absolute Gasteiger partial charge is 0.379 e. The number of alkyl halides is 3. The number of rotatable bonds is 3. The molecule has 186 valence electrons. The molecule has 2 N–H and O–H groups in total. The van der Waals surface area contributed by atoms with Crippen molar-refractivity contribution in [3.8, 4) is 5.69 Å². The van der Waals surface area contributed by atoms with Crippen LogP contribution in [-0.2, 0) is 0 Å². The Morgan fingerprint density at radius 1 is 1.06 bits per heavy atom. The van der Waals surface area contributed by atoms with Gasteiger partial charge >= 0.3 is 6.18 Å². The van der Waals surface area contributed by atoms with Gasteiger partial charge in [0.05, 0.1) is 17.2 Å². The predicted molar refractivity (Wildman–Crippen MR) is 134 cm³/mol. The third-order valence-electron chi connectivity index (χ3n) is 7.05. The van der Waals surface area contributed by atoms with Crippen LogP contribution in [0.2, 0.25) is 0 Å². The summed E-state index contributed by atoms with van der Waals surface area (Å²) >= 11 is 0. The first-order valence-corrected chi connectivity index (χ1v) is 11.7. The van der Waals surface area contributed by atoms with Crippen LogP contribution in [0.1, 0.15) is 47.7 Å². The van der Waals surface area contributed by atoms with Gasteiger partial charge in [-0.3, -0.25) is 14.3 Å². The van der Waals surface area contributed by atoms with Crippen molar-refractivity contribution in [3.63, 3.8) is 0 Å². The van der Waals surface area contributed by atoms with Crippen LogP contribution in [0.25, 0.3) is 16.6 Å². The Labute approximate surface area is 206 Å². The number of halogens is 3. The van der Waals surface area contributed by atoms with Crippen LogP contribution in [0.5, 0.6) is 0 Å². The zero-order chi connectivity index (χ0) is 25.8. The summed E-state index contributed by atoms with van der Waals surface area (Å²) in [5, 5.41) is 14.7. The Balaban J connectivity index is 1.70. The van der Waals surface area contributed by atoms with E-state index < -0.39 is 30.2 Å². The molecule has 36 heavy (non-hydrogen) atoms. The van der Waals surface area contributed by atoms with Gasteiger partial charge in [-0.05, 0) is 67.6 Å². The van der Waals surface area contributed by atoms with Gasteiger partial charge in [0.2, 0.25) is 0 Å². The number of aliphatic hydroxyl groups is 1. The number of anilines is 1. The van der Waals surface area contributed by atoms with Gasteiger partial charge in [-0.25, -0.2) is 0 Å². The SMILES string of the molecule is Cc1ccc2c(c1)C(C)CC(O)(C(F)(F)F)C2Nc1cccc2c1ccc(=O)n2-c1ccnc(C)c1. The normalized spacial score (nSPS) is 21.9. The van der Waals surface area contributed by atoms with Gasteiger partial charge < -0.3 is 10.4 Å². The lowest BCUT2D eigenvalue weighted by Crippen LogP contribution is -2.55. The molecule has 2 aromatic heterocycles. The first kappa shape index (κ1) is 24.1. The molecule has 2 heterocycles. The standard InChI is InChI=1S/C28H26F3N3O2/c1-16-7-8-20-22(13-16)17(2)15-27(36,28(29,30)31)26(20)33-23-5-4-6-24-21(23)9-10-25(35)34(24)19-11-12-32-18(3)14-19/h4-14,17,26,33,36H,15H2,1-3H3. The van der Waals surface area contributed by atoms with Crippen LogP contribution in [0, 0.1) is 13.8 Å². The van der Waals surface area contributed by atoms with Crippen LogP contribution in [0.15, 0.2) is 71.7 Å². The first-order chi connectivity index (χ1) is 17.0. The summed E-state index contributed by atoms with van der Waals surface area (Å²) < 4.78 is 44.6. The topological polar surface area (TPSA) is 67.2 Å². The van der Waals surface area contributed by atoms with Crippen molar-refractivity contribution in [2.75, 3.05) is 5.32 Å². The van der Waals surface area contributed by atoms with E-state index in [0.717, 1.165) is 16.8 Å². The van der Waals surface area contributed by atoms with E-state index in [1.807, 2.05) is 19.9 Å². The zero-order valence-corrected chi connectivity index (χ0v) is 20.1. The highest BCUT2D eigenvalue weighted by atomic mass is 19.4. The fraction of sp³-hybridized carbons (Fsp3) is 0.286. The summed E-state index contributed by atoms with van der Waals surface area (Å²) in [5.41, 5.74) is 1.14. The maximum atomic E-state index is 14.4. The third-order valence-corrected chi connectivity index (χ3v) is 7.05. The van der Waals surface area contributed by atoms with Gasteiger partial charge in [-0.1, -0.05) is 36.8 Å². The first-order valence-electron chi connectivity index (χ1n) is 11.7. The molecule has 5 rings (SSSR count). The van der Waals surface area contributed by atoms with E-state index in [1.54, 1.807) is 61.7 Å². The van der Waals surface area contributed by atoms with Crippen molar-refractivity contribution >= 4 is 16.6 Å². The summed E-state index contributed by atoms with van der Waals surface area (Å²) in [6.07, 6.45) is -3.72. The Morgan fingerprint density at radius 2 is 1.83 bits per heavy atom. The third kappa shape index (κ3) is 3.86. The number of hydrogen-bond donors (Lipinski definition) is 2. The fourth-order valence-electron chi connectivity index (χ4n) is 5.30. The van der Waals surface area contributed by atoms with E-state index >= 15 is 0 Å². The van der Waals surface area contributed by atoms with Crippen molar-refractivity contribution in [1.82, 2.24) is 9.55 Å². The van der Waals surface area contributed by atoms with Gasteiger partial charge in [0.1, 0.15) is 0 Å². The number of benzene rings is 2. The van der Waals surface area contributed by atoms with Crippen molar-refractivity contribution in [2.45, 2.75) is 50.9 Å². The van der Waals surface area contributed by atoms with Crippen LogP contribution >= 0.6 is 0 Å². The van der Waals surface area contributed by atoms with Gasteiger partial charge in [0, 0.05) is 29.0 Å². The summed E-state index contributed by atoms with van der Waals surface area (Å²) in [7, 11) is 0. The molecule has 0 saturated carbocycles. The molecular formula is C28H26F3N3O2. The number of fused-ring (bicyclic) bond motifs is 2. The highest BCUT2D eigenvalue weighted by Gasteiger charge is 2.61. The monoisotopic (exact) mass is 493 g/mol. The number of aromatic nitrogens is 2. The van der Waals surface area contributed by atoms with Crippen LogP contribution in [0.3, 0.4) is 0 Å². The lowest BCUT2D eigenvalue weighted by Gasteiger charge is -2.45.